The number of nitro groups is 1. The van der Waals surface area contributed by atoms with Gasteiger partial charge in [0.05, 0.1) is 11.0 Å². The van der Waals surface area contributed by atoms with Crippen LogP contribution in [-0.4, -0.2) is 28.1 Å². The van der Waals surface area contributed by atoms with Crippen LogP contribution in [0.3, 0.4) is 0 Å². The van der Waals surface area contributed by atoms with Crippen LogP contribution in [0.5, 0.6) is 0 Å². The van der Waals surface area contributed by atoms with Gasteiger partial charge in [-0.3, -0.25) is 10.1 Å². The van der Waals surface area contributed by atoms with Gasteiger partial charge in [0.15, 0.2) is 0 Å². The molecule has 0 N–H and O–H groups in total. The number of amides is 1. The minimum atomic E-state index is -0.549. The molecule has 21 heavy (non-hydrogen) atoms. The van der Waals surface area contributed by atoms with E-state index in [0.29, 0.717) is 6.54 Å². The lowest BCUT2D eigenvalue weighted by Gasteiger charge is -2.28. The van der Waals surface area contributed by atoms with E-state index in [9.17, 15) is 14.9 Å². The molecule has 1 unspecified atom stereocenters. The van der Waals surface area contributed by atoms with E-state index in [1.54, 1.807) is 11.0 Å². The Morgan fingerprint density at radius 1 is 1.43 bits per heavy atom. The maximum atomic E-state index is 12.2. The van der Waals surface area contributed by atoms with Gasteiger partial charge in [-0.2, -0.15) is 0 Å². The van der Waals surface area contributed by atoms with Gasteiger partial charge in [0.2, 0.25) is 0 Å². The number of nitro benzene ring substituents is 1. The highest BCUT2D eigenvalue weighted by Gasteiger charge is 2.33. The van der Waals surface area contributed by atoms with Crippen molar-refractivity contribution in [2.45, 2.75) is 45.3 Å². The van der Waals surface area contributed by atoms with Gasteiger partial charge in [0.25, 0.3) is 5.69 Å². The van der Waals surface area contributed by atoms with E-state index < -0.39 is 10.5 Å². The molecule has 1 saturated heterocycles. The maximum absolute atomic E-state index is 12.2. The molecule has 0 saturated carbocycles. The second-order valence-corrected chi connectivity index (χ2v) is 6.18. The summed E-state index contributed by atoms with van der Waals surface area (Å²) in [5, 5.41) is 10.9. The van der Waals surface area contributed by atoms with E-state index in [1.165, 1.54) is 12.1 Å². The smallest absolute Gasteiger partial charge is 0.410 e. The molecule has 0 bridgehead atoms. The summed E-state index contributed by atoms with van der Waals surface area (Å²) in [5.74, 6) is 0. The number of likely N-dealkylation sites (tertiary alicyclic amines) is 1. The first kappa shape index (κ1) is 15.3. The molecule has 2 rings (SSSR count). The number of rotatable bonds is 2. The normalized spacial score (nSPS) is 18.6. The van der Waals surface area contributed by atoms with Crippen molar-refractivity contribution in [3.63, 3.8) is 0 Å². The fourth-order valence-electron chi connectivity index (χ4n) is 2.50. The number of benzene rings is 1. The molecule has 0 aromatic heterocycles. The summed E-state index contributed by atoms with van der Waals surface area (Å²) >= 11 is 0. The molecule has 1 amide bonds. The standard InChI is InChI=1S/C15H20N2O4/c1-15(2,3)21-14(18)16-9-5-8-13(16)11-6-4-7-12(10-11)17(19)20/h4,6-7,10,13H,5,8-9H2,1-3H3. The number of nitrogens with zero attached hydrogens (tertiary/aromatic N) is 2. The quantitative estimate of drug-likeness (QED) is 0.616. The molecule has 1 heterocycles. The van der Waals surface area contributed by atoms with E-state index in [-0.39, 0.29) is 17.8 Å². The molecule has 1 fully saturated rings. The number of ether oxygens (including phenoxy) is 1. The SMILES string of the molecule is CC(C)(C)OC(=O)N1CCCC1c1cccc([N+](=O)[O-])c1. The topological polar surface area (TPSA) is 72.7 Å². The molecule has 114 valence electrons. The van der Waals surface area contributed by atoms with Crippen molar-refractivity contribution in [2.75, 3.05) is 6.54 Å². The van der Waals surface area contributed by atoms with E-state index in [1.807, 2.05) is 26.8 Å². The predicted octanol–water partition coefficient (Wildman–Crippen LogP) is 3.67. The van der Waals surface area contributed by atoms with Gasteiger partial charge in [-0.15, -0.1) is 0 Å². The first-order valence-electron chi connectivity index (χ1n) is 7.02. The Morgan fingerprint density at radius 2 is 2.14 bits per heavy atom. The predicted molar refractivity (Wildman–Crippen MR) is 78.0 cm³/mol. The Hall–Kier alpha value is -2.11. The van der Waals surface area contributed by atoms with Crippen LogP contribution in [-0.2, 0) is 4.74 Å². The summed E-state index contributed by atoms with van der Waals surface area (Å²) in [6.07, 6.45) is 1.30. The Morgan fingerprint density at radius 3 is 2.76 bits per heavy atom. The monoisotopic (exact) mass is 292 g/mol. The largest absolute Gasteiger partial charge is 0.444 e. The molecule has 1 aliphatic heterocycles. The lowest BCUT2D eigenvalue weighted by Crippen LogP contribution is -2.36. The number of non-ortho nitro benzene ring substituents is 1. The molecule has 0 aliphatic carbocycles. The lowest BCUT2D eigenvalue weighted by atomic mass is 10.0. The third kappa shape index (κ3) is 3.71. The number of hydrogen-bond acceptors (Lipinski definition) is 4. The molecule has 1 aromatic carbocycles. The van der Waals surface area contributed by atoms with Crippen molar-refractivity contribution in [2.24, 2.45) is 0 Å². The zero-order valence-electron chi connectivity index (χ0n) is 12.5. The third-order valence-electron chi connectivity index (χ3n) is 3.35. The summed E-state index contributed by atoms with van der Waals surface area (Å²) in [6.45, 7) is 6.08. The van der Waals surface area contributed by atoms with Gasteiger partial charge in [0.1, 0.15) is 5.60 Å². The van der Waals surface area contributed by atoms with Gasteiger partial charge >= 0.3 is 6.09 Å². The summed E-state index contributed by atoms with van der Waals surface area (Å²) < 4.78 is 5.40. The van der Waals surface area contributed by atoms with Gasteiger partial charge in [-0.1, -0.05) is 12.1 Å². The molecule has 1 aromatic rings. The highest BCUT2D eigenvalue weighted by atomic mass is 16.6. The molecule has 0 spiro atoms. The van der Waals surface area contributed by atoms with Crippen LogP contribution in [0.25, 0.3) is 0 Å². The highest BCUT2D eigenvalue weighted by Crippen LogP contribution is 2.34. The van der Waals surface area contributed by atoms with Gasteiger partial charge in [0, 0.05) is 18.7 Å². The molecule has 0 radical (unpaired) electrons. The first-order valence-corrected chi connectivity index (χ1v) is 7.02. The van der Waals surface area contributed by atoms with Crippen molar-refractivity contribution in [1.29, 1.82) is 0 Å². The van der Waals surface area contributed by atoms with Gasteiger partial charge in [-0.05, 0) is 39.2 Å². The van der Waals surface area contributed by atoms with Crippen LogP contribution in [0.15, 0.2) is 24.3 Å². The second-order valence-electron chi connectivity index (χ2n) is 6.18. The van der Waals surface area contributed by atoms with Gasteiger partial charge in [-0.25, -0.2) is 4.79 Å². The van der Waals surface area contributed by atoms with Crippen LogP contribution in [0.4, 0.5) is 10.5 Å². The van der Waals surface area contributed by atoms with Crippen LogP contribution < -0.4 is 0 Å². The van der Waals surface area contributed by atoms with Crippen molar-refractivity contribution in [1.82, 2.24) is 4.90 Å². The fourth-order valence-corrected chi connectivity index (χ4v) is 2.50. The van der Waals surface area contributed by atoms with Crippen LogP contribution in [0.2, 0.25) is 0 Å². The summed E-state index contributed by atoms with van der Waals surface area (Å²) in [7, 11) is 0. The van der Waals surface area contributed by atoms with E-state index in [0.717, 1.165) is 18.4 Å². The minimum absolute atomic E-state index is 0.0449. The van der Waals surface area contributed by atoms with Crippen LogP contribution >= 0.6 is 0 Å². The van der Waals surface area contributed by atoms with Gasteiger partial charge < -0.3 is 9.64 Å². The zero-order chi connectivity index (χ0) is 15.6. The van der Waals surface area contributed by atoms with Crippen LogP contribution in [0.1, 0.15) is 45.2 Å². The van der Waals surface area contributed by atoms with Crippen molar-refractivity contribution >= 4 is 11.8 Å². The lowest BCUT2D eigenvalue weighted by molar-refractivity contribution is -0.384. The number of carbonyl (C=O) groups is 1. The van der Waals surface area contributed by atoms with Crippen molar-refractivity contribution in [3.05, 3.63) is 39.9 Å². The maximum Gasteiger partial charge on any atom is 0.410 e. The van der Waals surface area contributed by atoms with Crippen molar-refractivity contribution in [3.8, 4) is 0 Å². The Kier molecular flexibility index (Phi) is 4.16. The Labute approximate surface area is 123 Å². The Bertz CT molecular complexity index is 551. The molecule has 6 nitrogen and oxygen atoms in total. The minimum Gasteiger partial charge on any atom is -0.444 e. The van der Waals surface area contributed by atoms with E-state index in [4.69, 9.17) is 4.74 Å². The zero-order valence-corrected chi connectivity index (χ0v) is 12.5. The molecule has 1 atom stereocenters. The number of hydrogen-bond donors (Lipinski definition) is 0. The molecule has 1 aliphatic rings. The highest BCUT2D eigenvalue weighted by molar-refractivity contribution is 5.69. The molecular formula is C15H20N2O4. The third-order valence-corrected chi connectivity index (χ3v) is 3.35. The second kappa shape index (κ2) is 5.71. The summed E-state index contributed by atoms with van der Waals surface area (Å²) in [5.41, 5.74) is 0.281. The Balaban J connectivity index is 2.20. The fraction of sp³-hybridized carbons (Fsp3) is 0.533. The summed E-state index contributed by atoms with van der Waals surface area (Å²) in [4.78, 5) is 24.3. The van der Waals surface area contributed by atoms with Crippen molar-refractivity contribution < 1.29 is 14.5 Å². The average molecular weight is 292 g/mol. The van der Waals surface area contributed by atoms with E-state index >= 15 is 0 Å². The van der Waals surface area contributed by atoms with E-state index in [2.05, 4.69) is 0 Å². The molecular weight excluding hydrogens is 272 g/mol. The first-order chi connectivity index (χ1) is 9.78. The summed E-state index contributed by atoms with van der Waals surface area (Å²) in [6, 6.07) is 6.31. The number of carbonyl (C=O) groups excluding carboxylic acids is 1. The van der Waals surface area contributed by atoms with Crippen LogP contribution in [0, 0.1) is 10.1 Å². The molecule has 6 heteroatoms. The average Bonchev–Trinajstić information content (AvgIpc) is 2.86.